The van der Waals surface area contributed by atoms with Gasteiger partial charge in [-0.25, -0.2) is 18.7 Å². The van der Waals surface area contributed by atoms with Gasteiger partial charge in [0.2, 0.25) is 24.2 Å². The molecule has 1 unspecified atom stereocenters. The summed E-state index contributed by atoms with van der Waals surface area (Å²) >= 11 is 0. The van der Waals surface area contributed by atoms with Gasteiger partial charge in [-0.15, -0.1) is 0 Å². The number of nitrogens with one attached hydrogen (secondary N) is 3. The van der Waals surface area contributed by atoms with Gasteiger partial charge in [0.15, 0.2) is 5.82 Å². The van der Waals surface area contributed by atoms with Crippen LogP contribution < -0.4 is 26.4 Å². The predicted molar refractivity (Wildman–Crippen MR) is 227 cm³/mol. The van der Waals surface area contributed by atoms with Crippen molar-refractivity contribution >= 4 is 35.5 Å². The third-order valence-electron chi connectivity index (χ3n) is 11.9. The summed E-state index contributed by atoms with van der Waals surface area (Å²) in [6, 6.07) is 16.6. The molecule has 0 saturated carbocycles. The molecule has 0 aliphatic carbocycles. The fraction of sp³-hybridized carbons (Fsp3) is 0.455. The predicted octanol–water partition coefficient (Wildman–Crippen LogP) is 4.36. The van der Waals surface area contributed by atoms with Gasteiger partial charge >= 0.3 is 0 Å². The first-order valence-electron chi connectivity index (χ1n) is 21.0. The van der Waals surface area contributed by atoms with Crippen LogP contribution >= 0.6 is 0 Å². The van der Waals surface area contributed by atoms with E-state index in [0.29, 0.717) is 54.5 Å². The molecule has 0 bridgehead atoms. The highest BCUT2D eigenvalue weighted by Gasteiger charge is 2.28. The number of piperidine rings is 3. The minimum atomic E-state index is -0.538. The SMILES string of the molecule is CCN1CCC(CN2CCN(c3ccc(NC4CCC(=O)NC4=O)cc3F)CC2)CC1.O=CN1CCC(Nc2ncc(F)c(-c3cccc(-n4ccccc4=O)c3)n2)CC1. The normalized spacial score (nSPS) is 19.6. The molecule has 1 atom stereocenters. The molecule has 2 aromatic carbocycles. The van der Waals surface area contributed by atoms with Crippen LogP contribution in [0.25, 0.3) is 16.9 Å². The number of pyridine rings is 1. The van der Waals surface area contributed by atoms with Gasteiger partial charge in [0.1, 0.15) is 17.6 Å². The van der Waals surface area contributed by atoms with Gasteiger partial charge in [0.05, 0.1) is 11.9 Å². The first-order chi connectivity index (χ1) is 29.1. The van der Waals surface area contributed by atoms with Gasteiger partial charge in [0, 0.05) is 87.5 Å². The molecule has 0 spiro atoms. The molecule has 4 aliphatic rings. The van der Waals surface area contributed by atoms with Gasteiger partial charge < -0.3 is 25.3 Å². The fourth-order valence-corrected chi connectivity index (χ4v) is 8.32. The summed E-state index contributed by atoms with van der Waals surface area (Å²) < 4.78 is 30.8. The molecular weight excluding hydrogens is 771 g/mol. The smallest absolute Gasteiger partial charge is 0.255 e. The number of nitrogens with zero attached hydrogens (tertiary/aromatic N) is 7. The van der Waals surface area contributed by atoms with Crippen LogP contribution in [0.1, 0.15) is 45.4 Å². The molecule has 8 rings (SSSR count). The van der Waals surface area contributed by atoms with E-state index in [4.69, 9.17) is 0 Å². The summed E-state index contributed by atoms with van der Waals surface area (Å²) in [5.74, 6) is -0.300. The second kappa shape index (κ2) is 20.0. The van der Waals surface area contributed by atoms with E-state index >= 15 is 0 Å². The Labute approximate surface area is 349 Å². The van der Waals surface area contributed by atoms with E-state index in [2.05, 4.69) is 47.5 Å². The highest BCUT2D eigenvalue weighted by molar-refractivity contribution is 6.01. The molecular formula is C44H54F2N10O4. The van der Waals surface area contributed by atoms with Crippen LogP contribution in [0.3, 0.4) is 0 Å². The third-order valence-corrected chi connectivity index (χ3v) is 11.9. The van der Waals surface area contributed by atoms with Crippen LogP contribution in [-0.4, -0.2) is 125 Å². The van der Waals surface area contributed by atoms with Crippen LogP contribution in [0.4, 0.5) is 26.1 Å². The van der Waals surface area contributed by atoms with Crippen LogP contribution in [0, 0.1) is 17.6 Å². The van der Waals surface area contributed by atoms with Crippen molar-refractivity contribution in [2.75, 3.05) is 81.0 Å². The molecule has 14 nitrogen and oxygen atoms in total. The highest BCUT2D eigenvalue weighted by atomic mass is 19.1. The number of hydrogen-bond acceptors (Lipinski definition) is 11. The average molecular weight is 825 g/mol. The number of likely N-dealkylation sites (tertiary alicyclic amines) is 2. The molecule has 4 aliphatic heterocycles. The van der Waals surface area contributed by atoms with E-state index in [1.54, 1.807) is 53.6 Å². The van der Waals surface area contributed by atoms with Crippen molar-refractivity contribution in [1.82, 2.24) is 34.6 Å². The Kier molecular flexibility index (Phi) is 14.1. The van der Waals surface area contributed by atoms with Crippen molar-refractivity contribution < 1.29 is 23.2 Å². The number of hydrogen-bond donors (Lipinski definition) is 3. The van der Waals surface area contributed by atoms with Crippen LogP contribution in [0.15, 0.2) is 77.9 Å². The van der Waals surface area contributed by atoms with Crippen molar-refractivity contribution in [3.05, 3.63) is 95.0 Å². The van der Waals surface area contributed by atoms with Crippen molar-refractivity contribution in [1.29, 1.82) is 0 Å². The summed E-state index contributed by atoms with van der Waals surface area (Å²) in [6.45, 7) is 11.9. The van der Waals surface area contributed by atoms with Crippen LogP contribution in [0.2, 0.25) is 0 Å². The monoisotopic (exact) mass is 824 g/mol. The van der Waals surface area contributed by atoms with E-state index < -0.39 is 11.9 Å². The summed E-state index contributed by atoms with van der Waals surface area (Å²) in [5.41, 5.74) is 2.35. The molecule has 3 N–H and O–H groups in total. The maximum atomic E-state index is 14.8. The summed E-state index contributed by atoms with van der Waals surface area (Å²) in [4.78, 5) is 63.4. The molecule has 2 aromatic heterocycles. The van der Waals surface area contributed by atoms with Crippen LogP contribution in [0.5, 0.6) is 0 Å². The number of anilines is 3. The minimum absolute atomic E-state index is 0.124. The number of benzene rings is 2. The van der Waals surface area contributed by atoms with Crippen molar-refractivity contribution in [2.24, 2.45) is 5.92 Å². The lowest BCUT2D eigenvalue weighted by Gasteiger charge is -2.39. The zero-order valence-corrected chi connectivity index (χ0v) is 34.1. The largest absolute Gasteiger partial charge is 0.374 e. The van der Waals surface area contributed by atoms with E-state index in [9.17, 15) is 28.0 Å². The molecule has 4 aromatic rings. The lowest BCUT2D eigenvalue weighted by atomic mass is 9.96. The van der Waals surface area contributed by atoms with Gasteiger partial charge in [-0.3, -0.25) is 34.0 Å². The molecule has 60 heavy (non-hydrogen) atoms. The Morgan fingerprint density at radius 2 is 1.60 bits per heavy atom. The fourth-order valence-electron chi connectivity index (χ4n) is 8.32. The van der Waals surface area contributed by atoms with E-state index in [0.717, 1.165) is 70.6 Å². The maximum absolute atomic E-state index is 14.8. The van der Waals surface area contributed by atoms with E-state index in [1.165, 1.54) is 42.6 Å². The molecule has 318 valence electrons. The molecule has 3 amide bonds. The molecule has 16 heteroatoms. The molecule has 4 fully saturated rings. The van der Waals surface area contributed by atoms with E-state index in [1.807, 2.05) is 6.07 Å². The van der Waals surface area contributed by atoms with Gasteiger partial charge in [-0.1, -0.05) is 25.1 Å². The zero-order valence-electron chi connectivity index (χ0n) is 34.1. The van der Waals surface area contributed by atoms with Crippen molar-refractivity contribution in [3.8, 4) is 16.9 Å². The van der Waals surface area contributed by atoms with Gasteiger partial charge in [0.25, 0.3) is 5.56 Å². The van der Waals surface area contributed by atoms with Gasteiger partial charge in [-0.2, -0.15) is 0 Å². The topological polar surface area (TPSA) is 148 Å². The minimum Gasteiger partial charge on any atom is -0.374 e. The maximum Gasteiger partial charge on any atom is 0.255 e. The third kappa shape index (κ3) is 10.9. The number of halogens is 2. The Hall–Kier alpha value is -5.74. The van der Waals surface area contributed by atoms with Crippen molar-refractivity contribution in [3.63, 3.8) is 0 Å². The zero-order chi connectivity index (χ0) is 42.0. The summed E-state index contributed by atoms with van der Waals surface area (Å²) in [7, 11) is 0. The first kappa shape index (κ1) is 42.4. The average Bonchev–Trinajstić information content (AvgIpc) is 3.27. The number of aromatic nitrogens is 3. The Morgan fingerprint density at radius 1 is 0.817 bits per heavy atom. The quantitative estimate of drug-likeness (QED) is 0.147. The number of rotatable bonds is 11. The van der Waals surface area contributed by atoms with Crippen LogP contribution in [-0.2, 0) is 14.4 Å². The van der Waals surface area contributed by atoms with Crippen molar-refractivity contribution in [2.45, 2.75) is 57.5 Å². The number of carbonyl (C=O) groups excluding carboxylic acids is 3. The highest BCUT2D eigenvalue weighted by Crippen LogP contribution is 2.27. The summed E-state index contributed by atoms with van der Waals surface area (Å²) in [5, 5.41) is 8.60. The molecule has 6 heterocycles. The second-order valence-corrected chi connectivity index (χ2v) is 15.9. The Morgan fingerprint density at radius 3 is 2.30 bits per heavy atom. The number of piperazine rings is 1. The number of amides is 3. The Bertz CT molecular complexity index is 2160. The second-order valence-electron chi connectivity index (χ2n) is 15.9. The standard InChI is InChI=1S/C23H34FN5O2.C21H20FN5O2/c1-2-27-9-7-17(8-10-27)16-28-11-13-29(14-12-28)21-5-3-18(15-19(21)24)25-20-4-6-22(30)26-23(20)31;22-18-13-23-21(24-16-7-10-26(14-28)11-8-16)25-20(18)15-4-3-5-17(12-15)27-9-2-1-6-19(27)29/h3,5,15,17,20,25H,2,4,6-14,16H2,1H3,(H,26,30,31);1-6,9,12-14,16H,7-8,10-11H2,(H,23,24,25). The molecule has 4 saturated heterocycles. The van der Waals surface area contributed by atoms with E-state index in [-0.39, 0.29) is 34.9 Å². The Balaban J connectivity index is 0.000000182. The lowest BCUT2D eigenvalue weighted by molar-refractivity contribution is -0.133. The number of carbonyl (C=O) groups is 3. The molecule has 0 radical (unpaired) electrons. The first-order valence-corrected chi connectivity index (χ1v) is 21.0. The van der Waals surface area contributed by atoms with Gasteiger partial charge in [-0.05, 0) is 94.1 Å². The summed E-state index contributed by atoms with van der Waals surface area (Å²) in [6.07, 6.45) is 8.51. The lowest BCUT2D eigenvalue weighted by Crippen LogP contribution is -2.49. The number of imide groups is 1.